The Morgan fingerprint density at radius 2 is 2.00 bits per heavy atom. The first kappa shape index (κ1) is 13.9. The fraction of sp³-hybridized carbons (Fsp3) is 0.500. The summed E-state index contributed by atoms with van der Waals surface area (Å²) < 4.78 is 6.78. The summed E-state index contributed by atoms with van der Waals surface area (Å²) in [5, 5.41) is 28.8. The van der Waals surface area contributed by atoms with Gasteiger partial charge < -0.3 is 20.1 Å². The van der Waals surface area contributed by atoms with Gasteiger partial charge in [-0.25, -0.2) is 9.97 Å². The molecule has 0 radical (unpaired) electrons. The van der Waals surface area contributed by atoms with Crippen molar-refractivity contribution in [2.75, 3.05) is 6.61 Å². The van der Waals surface area contributed by atoms with Crippen LogP contribution in [0, 0.1) is 0 Å². The first-order valence-corrected chi connectivity index (χ1v) is 6.46. The van der Waals surface area contributed by atoms with E-state index in [1.807, 2.05) is 0 Å². The van der Waals surface area contributed by atoms with Gasteiger partial charge in [-0.2, -0.15) is 4.98 Å². The topological polar surface area (TPSA) is 114 Å². The number of ether oxygens (including phenoxy) is 1. The van der Waals surface area contributed by atoms with Gasteiger partial charge in [0.25, 0.3) is 0 Å². The van der Waals surface area contributed by atoms with Crippen molar-refractivity contribution in [3.8, 4) is 0 Å². The minimum atomic E-state index is -1.24. The number of fused-ring (bicyclic) bond motifs is 1. The summed E-state index contributed by atoms with van der Waals surface area (Å²) in [5.41, 5.74) is 0.568. The van der Waals surface area contributed by atoms with Gasteiger partial charge in [0.1, 0.15) is 23.8 Å². The summed E-state index contributed by atoms with van der Waals surface area (Å²) in [4.78, 5) is 11.8. The van der Waals surface area contributed by atoms with E-state index in [1.54, 1.807) is 0 Å². The molecule has 0 amide bonds. The highest BCUT2D eigenvalue weighted by atomic mass is 35.5. The van der Waals surface area contributed by atoms with Gasteiger partial charge in [-0.3, -0.25) is 4.57 Å². The number of aliphatic hydroxyl groups excluding tert-OH is 3. The van der Waals surface area contributed by atoms with E-state index in [4.69, 9.17) is 33.0 Å². The molecule has 3 heterocycles. The summed E-state index contributed by atoms with van der Waals surface area (Å²) in [6.45, 7) is -0.419. The molecular formula is C10H10Cl2N4O4. The molecule has 1 unspecified atom stereocenters. The number of nitrogens with zero attached hydrogens (tertiary/aromatic N) is 4. The Morgan fingerprint density at radius 1 is 1.25 bits per heavy atom. The summed E-state index contributed by atoms with van der Waals surface area (Å²) in [7, 11) is 0. The third kappa shape index (κ3) is 2.05. The molecule has 1 aliphatic rings. The molecule has 0 aromatic carbocycles. The van der Waals surface area contributed by atoms with Crippen LogP contribution in [-0.2, 0) is 4.74 Å². The van der Waals surface area contributed by atoms with Crippen LogP contribution in [0.25, 0.3) is 11.2 Å². The van der Waals surface area contributed by atoms with Gasteiger partial charge in [0.05, 0.1) is 12.9 Å². The van der Waals surface area contributed by atoms with Crippen LogP contribution in [0.1, 0.15) is 6.23 Å². The van der Waals surface area contributed by atoms with Crippen LogP contribution < -0.4 is 0 Å². The number of aromatic nitrogens is 4. The van der Waals surface area contributed by atoms with E-state index < -0.39 is 31.1 Å². The van der Waals surface area contributed by atoms with Gasteiger partial charge in [-0.15, -0.1) is 0 Å². The Balaban J connectivity index is 2.07. The Hall–Kier alpha value is -1.03. The van der Waals surface area contributed by atoms with Crippen LogP contribution in [0.4, 0.5) is 0 Å². The lowest BCUT2D eigenvalue weighted by molar-refractivity contribution is -0.0511. The van der Waals surface area contributed by atoms with Crippen LogP contribution in [-0.4, -0.2) is 59.8 Å². The molecule has 0 spiro atoms. The number of hydrogen-bond donors (Lipinski definition) is 3. The van der Waals surface area contributed by atoms with Gasteiger partial charge in [0.2, 0.25) is 5.28 Å². The molecule has 2 aromatic heterocycles. The van der Waals surface area contributed by atoms with Crippen molar-refractivity contribution in [2.24, 2.45) is 0 Å². The average molecular weight is 321 g/mol. The summed E-state index contributed by atoms with van der Waals surface area (Å²) in [5.74, 6) is 0. The lowest BCUT2D eigenvalue weighted by atomic mass is 10.1. The van der Waals surface area contributed by atoms with Crippen molar-refractivity contribution < 1.29 is 20.1 Å². The SMILES string of the molecule is OC[C@@H]1O[C@H](n2cnc3c(Cl)nc(Cl)nc32)[C@H](O)C1O. The number of halogens is 2. The maximum atomic E-state index is 9.98. The molecule has 1 aliphatic heterocycles. The fourth-order valence-corrected chi connectivity index (χ4v) is 2.57. The monoisotopic (exact) mass is 320 g/mol. The van der Waals surface area contributed by atoms with E-state index in [0.717, 1.165) is 0 Å². The smallest absolute Gasteiger partial charge is 0.225 e. The lowest BCUT2D eigenvalue weighted by Crippen LogP contribution is -2.33. The highest BCUT2D eigenvalue weighted by Crippen LogP contribution is 2.32. The minimum absolute atomic E-state index is 0.0732. The minimum Gasteiger partial charge on any atom is -0.394 e. The summed E-state index contributed by atoms with van der Waals surface area (Å²) in [6, 6.07) is 0. The Labute approximate surface area is 122 Å². The van der Waals surface area contributed by atoms with Crippen LogP contribution in [0.3, 0.4) is 0 Å². The molecular weight excluding hydrogens is 311 g/mol. The lowest BCUT2D eigenvalue weighted by Gasteiger charge is -2.16. The molecule has 8 nitrogen and oxygen atoms in total. The highest BCUT2D eigenvalue weighted by Gasteiger charge is 2.44. The number of aliphatic hydroxyl groups is 3. The van der Waals surface area contributed by atoms with Crippen LogP contribution >= 0.6 is 23.2 Å². The second kappa shape index (κ2) is 5.06. The molecule has 0 bridgehead atoms. The zero-order valence-corrected chi connectivity index (χ0v) is 11.4. The van der Waals surface area contributed by atoms with Gasteiger partial charge in [-0.05, 0) is 11.6 Å². The second-order valence-corrected chi connectivity index (χ2v) is 5.03. The third-order valence-corrected chi connectivity index (χ3v) is 3.58. The van der Waals surface area contributed by atoms with Crippen molar-refractivity contribution in [1.29, 1.82) is 0 Å². The maximum Gasteiger partial charge on any atom is 0.225 e. The first-order valence-electron chi connectivity index (χ1n) is 5.71. The van der Waals surface area contributed by atoms with E-state index in [-0.39, 0.29) is 16.1 Å². The third-order valence-electron chi connectivity index (χ3n) is 3.14. The van der Waals surface area contributed by atoms with Crippen molar-refractivity contribution in [3.05, 3.63) is 16.8 Å². The normalized spacial score (nSPS) is 30.2. The van der Waals surface area contributed by atoms with Crippen molar-refractivity contribution in [1.82, 2.24) is 19.5 Å². The number of hydrogen-bond acceptors (Lipinski definition) is 7. The van der Waals surface area contributed by atoms with Crippen molar-refractivity contribution >= 4 is 34.4 Å². The van der Waals surface area contributed by atoms with Gasteiger partial charge >= 0.3 is 0 Å². The first-order chi connectivity index (χ1) is 9.52. The second-order valence-electron chi connectivity index (χ2n) is 4.34. The van der Waals surface area contributed by atoms with E-state index in [9.17, 15) is 10.2 Å². The predicted molar refractivity (Wildman–Crippen MR) is 68.4 cm³/mol. The van der Waals surface area contributed by atoms with Crippen LogP contribution in [0.15, 0.2) is 6.33 Å². The molecule has 1 saturated heterocycles. The van der Waals surface area contributed by atoms with Gasteiger partial charge in [0, 0.05) is 0 Å². The Bertz CT molecular complexity index is 651. The molecule has 3 N–H and O–H groups in total. The molecule has 3 rings (SSSR count). The van der Waals surface area contributed by atoms with Crippen molar-refractivity contribution in [3.63, 3.8) is 0 Å². The average Bonchev–Trinajstić information content (AvgIpc) is 2.93. The highest BCUT2D eigenvalue weighted by molar-refractivity contribution is 6.35. The van der Waals surface area contributed by atoms with Crippen LogP contribution in [0.2, 0.25) is 10.4 Å². The van der Waals surface area contributed by atoms with E-state index in [0.29, 0.717) is 5.52 Å². The molecule has 1 fully saturated rings. The zero-order chi connectivity index (χ0) is 14.4. The summed E-state index contributed by atoms with van der Waals surface area (Å²) >= 11 is 11.6. The van der Waals surface area contributed by atoms with E-state index in [1.165, 1.54) is 10.9 Å². The largest absolute Gasteiger partial charge is 0.394 e. The standard InChI is InChI=1S/C10H10Cl2N4O4/c11-7-4-8(15-10(12)14-7)16(2-13-4)9-6(19)5(18)3(1-17)20-9/h2-3,5-6,9,17-19H,1H2/t3-,5?,6+,9-/m0/s1. The molecule has 2 aromatic rings. The number of rotatable bonds is 2. The van der Waals surface area contributed by atoms with Crippen LogP contribution in [0.5, 0.6) is 0 Å². The molecule has 10 heteroatoms. The molecule has 20 heavy (non-hydrogen) atoms. The molecule has 0 saturated carbocycles. The quantitative estimate of drug-likeness (QED) is 0.516. The molecule has 108 valence electrons. The van der Waals surface area contributed by atoms with Gasteiger partial charge in [-0.1, -0.05) is 11.6 Å². The number of imidazole rings is 1. The van der Waals surface area contributed by atoms with Gasteiger partial charge in [0.15, 0.2) is 17.0 Å². The molecule has 0 aliphatic carbocycles. The van der Waals surface area contributed by atoms with E-state index in [2.05, 4.69) is 15.0 Å². The van der Waals surface area contributed by atoms with E-state index >= 15 is 0 Å². The summed E-state index contributed by atoms with van der Waals surface area (Å²) in [6.07, 6.45) is -2.94. The predicted octanol–water partition coefficient (Wildman–Crippen LogP) is -0.255. The van der Waals surface area contributed by atoms with Crippen molar-refractivity contribution in [2.45, 2.75) is 24.5 Å². The zero-order valence-electron chi connectivity index (χ0n) is 9.89. The Kier molecular flexibility index (Phi) is 3.53. The maximum absolute atomic E-state index is 9.98. The fourth-order valence-electron chi connectivity index (χ4n) is 2.15. The molecule has 4 atom stereocenters. The Morgan fingerprint density at radius 3 is 2.65 bits per heavy atom.